The molecule has 4 heteroatoms. The molecular formula is C11H20N2O2. The molecule has 15 heavy (non-hydrogen) atoms. The number of hydrogen-bond acceptors (Lipinski definition) is 3. The second-order valence-corrected chi connectivity index (χ2v) is 5.17. The van der Waals surface area contributed by atoms with E-state index in [2.05, 4.69) is 17.3 Å². The molecule has 2 aliphatic rings. The third kappa shape index (κ3) is 2.16. The SMILES string of the molecule is CN1CCC(NC(C)(C(=O)O)C2CC2)C1. The third-order valence-electron chi connectivity index (χ3n) is 3.73. The summed E-state index contributed by atoms with van der Waals surface area (Å²) in [6.07, 6.45) is 3.17. The van der Waals surface area contributed by atoms with Crippen LogP contribution in [-0.4, -0.2) is 47.7 Å². The van der Waals surface area contributed by atoms with Gasteiger partial charge in [0.25, 0.3) is 0 Å². The highest BCUT2D eigenvalue weighted by Gasteiger charge is 2.48. The molecular weight excluding hydrogens is 192 g/mol. The summed E-state index contributed by atoms with van der Waals surface area (Å²) in [6, 6.07) is 0.344. The van der Waals surface area contributed by atoms with Crippen molar-refractivity contribution < 1.29 is 9.90 Å². The van der Waals surface area contributed by atoms with E-state index in [1.807, 2.05) is 6.92 Å². The van der Waals surface area contributed by atoms with Crippen molar-refractivity contribution in [3.05, 3.63) is 0 Å². The molecule has 2 rings (SSSR count). The maximum Gasteiger partial charge on any atom is 0.323 e. The molecule has 2 unspecified atom stereocenters. The minimum absolute atomic E-state index is 0.334. The van der Waals surface area contributed by atoms with Crippen LogP contribution in [0.15, 0.2) is 0 Å². The highest BCUT2D eigenvalue weighted by molar-refractivity contribution is 5.79. The van der Waals surface area contributed by atoms with Crippen molar-refractivity contribution in [2.24, 2.45) is 5.92 Å². The Kier molecular flexibility index (Phi) is 2.73. The van der Waals surface area contributed by atoms with Crippen molar-refractivity contribution in [1.82, 2.24) is 10.2 Å². The summed E-state index contributed by atoms with van der Waals surface area (Å²) < 4.78 is 0. The maximum absolute atomic E-state index is 11.3. The molecule has 1 heterocycles. The van der Waals surface area contributed by atoms with Crippen molar-refractivity contribution in [2.45, 2.75) is 37.8 Å². The highest BCUT2D eigenvalue weighted by Crippen LogP contribution is 2.40. The Bertz CT molecular complexity index is 265. The standard InChI is InChI=1S/C11H20N2O2/c1-11(10(14)15,8-3-4-8)12-9-5-6-13(2)7-9/h8-9,12H,3-7H2,1-2H3,(H,14,15). The van der Waals surface area contributed by atoms with Crippen molar-refractivity contribution >= 4 is 5.97 Å². The molecule has 1 aliphatic carbocycles. The van der Waals surface area contributed by atoms with Crippen LogP contribution in [0.5, 0.6) is 0 Å². The van der Waals surface area contributed by atoms with Crippen molar-refractivity contribution in [3.63, 3.8) is 0 Å². The number of nitrogens with one attached hydrogen (secondary N) is 1. The van der Waals surface area contributed by atoms with Crippen LogP contribution in [0.2, 0.25) is 0 Å². The molecule has 2 atom stereocenters. The molecule has 0 radical (unpaired) electrons. The van der Waals surface area contributed by atoms with E-state index in [0.717, 1.165) is 32.4 Å². The number of aliphatic carboxylic acids is 1. The lowest BCUT2D eigenvalue weighted by molar-refractivity contribution is -0.145. The first-order chi connectivity index (χ1) is 7.02. The van der Waals surface area contributed by atoms with Crippen LogP contribution in [0, 0.1) is 5.92 Å². The average Bonchev–Trinajstić information content (AvgIpc) is 2.92. The van der Waals surface area contributed by atoms with Gasteiger partial charge < -0.3 is 10.0 Å². The Morgan fingerprint density at radius 2 is 2.13 bits per heavy atom. The van der Waals surface area contributed by atoms with E-state index >= 15 is 0 Å². The molecule has 0 bridgehead atoms. The molecule has 0 aromatic rings. The largest absolute Gasteiger partial charge is 0.480 e. The van der Waals surface area contributed by atoms with Crippen molar-refractivity contribution in [3.8, 4) is 0 Å². The molecule has 2 fully saturated rings. The smallest absolute Gasteiger partial charge is 0.323 e. The predicted molar refractivity (Wildman–Crippen MR) is 57.8 cm³/mol. The van der Waals surface area contributed by atoms with Crippen LogP contribution >= 0.6 is 0 Å². The number of rotatable bonds is 4. The van der Waals surface area contributed by atoms with Crippen LogP contribution in [-0.2, 0) is 4.79 Å². The predicted octanol–water partition coefficient (Wildman–Crippen LogP) is 0.533. The molecule has 1 saturated heterocycles. The van der Waals surface area contributed by atoms with Gasteiger partial charge in [0.2, 0.25) is 0 Å². The zero-order valence-electron chi connectivity index (χ0n) is 9.49. The van der Waals surface area contributed by atoms with Gasteiger partial charge in [-0.05, 0) is 45.7 Å². The molecule has 0 amide bonds. The fourth-order valence-corrected chi connectivity index (χ4v) is 2.49. The van der Waals surface area contributed by atoms with Crippen LogP contribution in [0.1, 0.15) is 26.2 Å². The minimum Gasteiger partial charge on any atom is -0.480 e. The zero-order valence-corrected chi connectivity index (χ0v) is 9.49. The van der Waals surface area contributed by atoms with E-state index in [4.69, 9.17) is 0 Å². The highest BCUT2D eigenvalue weighted by atomic mass is 16.4. The van der Waals surface area contributed by atoms with Gasteiger partial charge in [-0.2, -0.15) is 0 Å². The van der Waals surface area contributed by atoms with Gasteiger partial charge in [-0.1, -0.05) is 0 Å². The van der Waals surface area contributed by atoms with Gasteiger partial charge in [0.05, 0.1) is 0 Å². The summed E-state index contributed by atoms with van der Waals surface area (Å²) in [5, 5.41) is 12.6. The zero-order chi connectivity index (χ0) is 11.1. The number of nitrogens with zero attached hydrogens (tertiary/aromatic N) is 1. The second-order valence-electron chi connectivity index (χ2n) is 5.17. The lowest BCUT2D eigenvalue weighted by atomic mass is 9.94. The first-order valence-corrected chi connectivity index (χ1v) is 5.72. The van der Waals surface area contributed by atoms with E-state index in [-0.39, 0.29) is 0 Å². The van der Waals surface area contributed by atoms with Gasteiger partial charge in [-0.3, -0.25) is 10.1 Å². The van der Waals surface area contributed by atoms with Crippen LogP contribution in [0.3, 0.4) is 0 Å². The lowest BCUT2D eigenvalue weighted by Crippen LogP contribution is -2.56. The third-order valence-corrected chi connectivity index (χ3v) is 3.73. The first kappa shape index (κ1) is 10.9. The van der Waals surface area contributed by atoms with Gasteiger partial charge in [0.1, 0.15) is 5.54 Å². The van der Waals surface area contributed by atoms with E-state index in [1.165, 1.54) is 0 Å². The number of hydrogen-bond donors (Lipinski definition) is 2. The fourth-order valence-electron chi connectivity index (χ4n) is 2.49. The van der Waals surface area contributed by atoms with Crippen LogP contribution in [0.4, 0.5) is 0 Å². The van der Waals surface area contributed by atoms with E-state index in [0.29, 0.717) is 12.0 Å². The summed E-state index contributed by atoms with van der Waals surface area (Å²) >= 11 is 0. The summed E-state index contributed by atoms with van der Waals surface area (Å²) in [4.78, 5) is 13.5. The summed E-state index contributed by atoms with van der Waals surface area (Å²) in [5.41, 5.74) is -0.699. The first-order valence-electron chi connectivity index (χ1n) is 5.72. The molecule has 0 aromatic heterocycles. The van der Waals surface area contributed by atoms with Crippen molar-refractivity contribution in [1.29, 1.82) is 0 Å². The number of carboxylic acid groups (broad SMARTS) is 1. The second kappa shape index (κ2) is 3.76. The molecule has 1 aliphatic heterocycles. The van der Waals surface area contributed by atoms with Crippen LogP contribution < -0.4 is 5.32 Å². The minimum atomic E-state index is -0.699. The molecule has 1 saturated carbocycles. The van der Waals surface area contributed by atoms with Gasteiger partial charge in [-0.25, -0.2) is 0 Å². The Morgan fingerprint density at radius 3 is 2.53 bits per heavy atom. The molecule has 86 valence electrons. The number of likely N-dealkylation sites (N-methyl/N-ethyl adjacent to an activating group) is 1. The Labute approximate surface area is 90.6 Å². The normalized spacial score (nSPS) is 31.5. The monoisotopic (exact) mass is 212 g/mol. The van der Waals surface area contributed by atoms with E-state index in [1.54, 1.807) is 0 Å². The van der Waals surface area contributed by atoms with Gasteiger partial charge in [0.15, 0.2) is 0 Å². The fraction of sp³-hybridized carbons (Fsp3) is 0.909. The Morgan fingerprint density at radius 1 is 1.47 bits per heavy atom. The average molecular weight is 212 g/mol. The molecule has 0 spiro atoms. The van der Waals surface area contributed by atoms with Gasteiger partial charge in [0, 0.05) is 12.6 Å². The molecule has 0 aromatic carbocycles. The van der Waals surface area contributed by atoms with E-state index in [9.17, 15) is 9.90 Å². The van der Waals surface area contributed by atoms with E-state index < -0.39 is 11.5 Å². The summed E-state index contributed by atoms with van der Waals surface area (Å²) in [7, 11) is 2.08. The molecule has 4 nitrogen and oxygen atoms in total. The number of carbonyl (C=O) groups is 1. The van der Waals surface area contributed by atoms with Crippen molar-refractivity contribution in [2.75, 3.05) is 20.1 Å². The Hall–Kier alpha value is -0.610. The number of likely N-dealkylation sites (tertiary alicyclic amines) is 1. The van der Waals surface area contributed by atoms with Gasteiger partial charge in [-0.15, -0.1) is 0 Å². The maximum atomic E-state index is 11.3. The Balaban J connectivity index is 1.97. The topological polar surface area (TPSA) is 52.6 Å². The summed E-state index contributed by atoms with van der Waals surface area (Å²) in [6.45, 7) is 3.87. The van der Waals surface area contributed by atoms with Crippen LogP contribution in [0.25, 0.3) is 0 Å². The quantitative estimate of drug-likeness (QED) is 0.714. The molecule has 2 N–H and O–H groups in total. The summed E-state index contributed by atoms with van der Waals surface area (Å²) in [5.74, 6) is -0.361. The van der Waals surface area contributed by atoms with Gasteiger partial charge >= 0.3 is 5.97 Å². The lowest BCUT2D eigenvalue weighted by Gasteiger charge is -2.30. The number of carboxylic acids is 1.